The van der Waals surface area contributed by atoms with E-state index < -0.39 is 40.4 Å². The average Bonchev–Trinajstić information content (AvgIpc) is 2.63. The Morgan fingerprint density at radius 2 is 1.50 bits per heavy atom. The Morgan fingerprint density at radius 3 is 1.91 bits per heavy atom. The molecule has 2 rings (SSSR count). The minimum atomic E-state index is -1.70. The molecule has 0 aliphatic heterocycles. The van der Waals surface area contributed by atoms with E-state index in [0.29, 0.717) is 22.6 Å². The fourth-order valence-electron chi connectivity index (χ4n) is 4.00. The molecule has 0 heterocycles. The predicted octanol–water partition coefficient (Wildman–Crippen LogP) is 3.88. The summed E-state index contributed by atoms with van der Waals surface area (Å²) in [5.41, 5.74) is -2.15. The van der Waals surface area contributed by atoms with Crippen LogP contribution in [0.1, 0.15) is 71.4 Å². The lowest BCUT2D eigenvalue weighted by Gasteiger charge is -2.41. The van der Waals surface area contributed by atoms with Crippen LogP contribution in [0.3, 0.4) is 0 Å². The molecule has 1 unspecified atom stereocenters. The van der Waals surface area contributed by atoms with Crippen molar-refractivity contribution in [3.05, 3.63) is 23.3 Å². The molecule has 0 saturated heterocycles. The van der Waals surface area contributed by atoms with Crippen molar-refractivity contribution in [2.24, 2.45) is 5.41 Å². The third-order valence-corrected chi connectivity index (χ3v) is 5.15. The van der Waals surface area contributed by atoms with Crippen LogP contribution in [-0.4, -0.2) is 48.4 Å². The summed E-state index contributed by atoms with van der Waals surface area (Å²) in [4.78, 5) is 38.7. The van der Waals surface area contributed by atoms with Crippen LogP contribution >= 0.6 is 0 Å². The molecule has 0 bridgehead atoms. The quantitative estimate of drug-likeness (QED) is 0.514. The van der Waals surface area contributed by atoms with Crippen molar-refractivity contribution in [2.45, 2.75) is 77.9 Å². The summed E-state index contributed by atoms with van der Waals surface area (Å²) in [7, 11) is 2.98. The Kier molecular flexibility index (Phi) is 7.17. The number of esters is 2. The third-order valence-electron chi connectivity index (χ3n) is 5.15. The van der Waals surface area contributed by atoms with Crippen molar-refractivity contribution in [3.8, 4) is 11.5 Å². The van der Waals surface area contributed by atoms with Crippen LogP contribution in [-0.2, 0) is 30.3 Å². The Hall–Kier alpha value is -2.77. The Bertz CT molecular complexity index is 860. The van der Waals surface area contributed by atoms with E-state index in [4.69, 9.17) is 18.9 Å². The average molecular weight is 451 g/mol. The number of fused-ring (bicyclic) bond motifs is 1. The molecule has 0 fully saturated rings. The second kappa shape index (κ2) is 9.00. The lowest BCUT2D eigenvalue weighted by atomic mass is 9.65. The summed E-state index contributed by atoms with van der Waals surface area (Å²) in [6, 6.07) is 3.37. The van der Waals surface area contributed by atoms with E-state index in [0.717, 1.165) is 0 Å². The van der Waals surface area contributed by atoms with Crippen LogP contribution in [0.5, 0.6) is 11.5 Å². The fourth-order valence-corrected chi connectivity index (χ4v) is 4.00. The highest BCUT2D eigenvalue weighted by Gasteiger charge is 2.55. The summed E-state index contributed by atoms with van der Waals surface area (Å²) in [5.74, 6) is -2.27. The topological polar surface area (TPSA) is 108 Å². The van der Waals surface area contributed by atoms with Crippen LogP contribution in [0, 0.1) is 5.41 Å². The van der Waals surface area contributed by atoms with Gasteiger partial charge in [-0.05, 0) is 71.9 Å². The third kappa shape index (κ3) is 5.72. The van der Waals surface area contributed by atoms with Gasteiger partial charge < -0.3 is 24.1 Å². The van der Waals surface area contributed by atoms with Gasteiger partial charge in [-0.3, -0.25) is 14.4 Å². The monoisotopic (exact) mass is 450 g/mol. The molecule has 1 aromatic carbocycles. The van der Waals surface area contributed by atoms with Crippen molar-refractivity contribution < 1.29 is 38.4 Å². The van der Waals surface area contributed by atoms with Crippen molar-refractivity contribution in [1.82, 2.24) is 0 Å². The number of ether oxygens (including phenoxy) is 4. The van der Waals surface area contributed by atoms with E-state index in [9.17, 15) is 19.5 Å². The highest BCUT2D eigenvalue weighted by atomic mass is 16.6. The van der Waals surface area contributed by atoms with Gasteiger partial charge in [-0.15, -0.1) is 0 Å². The summed E-state index contributed by atoms with van der Waals surface area (Å²) < 4.78 is 22.2. The molecular weight excluding hydrogens is 416 g/mol. The number of carbonyl (C=O) groups excluding carboxylic acids is 2. The van der Waals surface area contributed by atoms with E-state index >= 15 is 0 Å². The van der Waals surface area contributed by atoms with Crippen LogP contribution in [0.2, 0.25) is 0 Å². The highest BCUT2D eigenvalue weighted by molar-refractivity contribution is 6.01. The number of hydrogen-bond acceptors (Lipinski definition) is 7. The molecule has 1 N–H and O–H groups in total. The largest absolute Gasteiger partial charge is 0.497 e. The second-order valence-corrected chi connectivity index (χ2v) is 10.2. The highest BCUT2D eigenvalue weighted by Crippen LogP contribution is 2.50. The fraction of sp³-hybridized carbons (Fsp3) is 0.625. The standard InChI is InChI=1S/C24H34O8/c1-22(2,3)31-20(27)24(21(28)32-23(4,5)6)12-14-9-16(29-7)11-17(30-8)19(14)15(13-24)10-18(25)26/h9,11,15H,10,12-13H2,1-8H3,(H,25,26). The number of carbonyl (C=O) groups is 3. The van der Waals surface area contributed by atoms with Gasteiger partial charge in [-0.25, -0.2) is 0 Å². The Labute approximate surface area is 189 Å². The minimum absolute atomic E-state index is 0.0180. The van der Waals surface area contributed by atoms with Crippen molar-refractivity contribution >= 4 is 17.9 Å². The number of hydrogen-bond donors (Lipinski definition) is 1. The smallest absolute Gasteiger partial charge is 0.324 e. The molecule has 1 aliphatic rings. The number of carboxylic acid groups (broad SMARTS) is 1. The maximum atomic E-state index is 13.5. The Morgan fingerprint density at radius 1 is 0.969 bits per heavy atom. The number of benzene rings is 1. The Balaban J connectivity index is 2.73. The SMILES string of the molecule is COc1cc2c(c(OC)c1)C(CC(=O)O)CC(C(=O)OC(C)(C)C)(C(=O)OC(C)(C)C)C2. The van der Waals surface area contributed by atoms with Crippen molar-refractivity contribution in [2.75, 3.05) is 14.2 Å². The second-order valence-electron chi connectivity index (χ2n) is 10.2. The molecule has 0 saturated carbocycles. The van der Waals surface area contributed by atoms with Gasteiger partial charge in [-0.1, -0.05) is 0 Å². The number of carboxylic acids is 1. The number of methoxy groups -OCH3 is 2. The maximum absolute atomic E-state index is 13.5. The van der Waals surface area contributed by atoms with Crippen molar-refractivity contribution in [1.29, 1.82) is 0 Å². The molecule has 178 valence electrons. The van der Waals surface area contributed by atoms with E-state index in [2.05, 4.69) is 0 Å². The van der Waals surface area contributed by atoms with Gasteiger partial charge in [0.15, 0.2) is 5.41 Å². The first-order chi connectivity index (χ1) is 14.6. The first-order valence-corrected chi connectivity index (χ1v) is 10.6. The van der Waals surface area contributed by atoms with Crippen LogP contribution in [0.25, 0.3) is 0 Å². The van der Waals surface area contributed by atoms with E-state index in [1.54, 1.807) is 53.7 Å². The minimum Gasteiger partial charge on any atom is -0.497 e. The zero-order valence-corrected chi connectivity index (χ0v) is 20.2. The van der Waals surface area contributed by atoms with Crippen LogP contribution in [0.4, 0.5) is 0 Å². The number of aliphatic carboxylic acids is 1. The lowest BCUT2D eigenvalue weighted by molar-refractivity contribution is -0.187. The van der Waals surface area contributed by atoms with Crippen LogP contribution in [0.15, 0.2) is 12.1 Å². The van der Waals surface area contributed by atoms with Gasteiger partial charge in [0.05, 0.1) is 20.6 Å². The summed E-state index contributed by atoms with van der Waals surface area (Å²) in [6.45, 7) is 10.3. The van der Waals surface area contributed by atoms with Crippen LogP contribution < -0.4 is 9.47 Å². The maximum Gasteiger partial charge on any atom is 0.324 e. The summed E-state index contributed by atoms with van der Waals surface area (Å²) >= 11 is 0. The van der Waals surface area contributed by atoms with Crippen molar-refractivity contribution in [3.63, 3.8) is 0 Å². The normalized spacial score (nSPS) is 17.7. The van der Waals surface area contributed by atoms with Gasteiger partial charge in [-0.2, -0.15) is 0 Å². The zero-order valence-electron chi connectivity index (χ0n) is 20.2. The van der Waals surface area contributed by atoms with Gasteiger partial charge in [0, 0.05) is 11.6 Å². The number of rotatable bonds is 6. The molecule has 32 heavy (non-hydrogen) atoms. The molecule has 0 amide bonds. The molecule has 1 aliphatic carbocycles. The molecule has 1 aromatic rings. The van der Waals surface area contributed by atoms with E-state index in [1.165, 1.54) is 14.2 Å². The first-order valence-electron chi connectivity index (χ1n) is 10.6. The molecule has 8 nitrogen and oxygen atoms in total. The molecule has 0 radical (unpaired) electrons. The molecule has 0 spiro atoms. The van der Waals surface area contributed by atoms with Gasteiger partial charge in [0.25, 0.3) is 0 Å². The zero-order chi connectivity index (χ0) is 24.5. The predicted molar refractivity (Wildman–Crippen MR) is 117 cm³/mol. The first kappa shape index (κ1) is 25.5. The van der Waals surface area contributed by atoms with E-state index in [1.807, 2.05) is 0 Å². The van der Waals surface area contributed by atoms with E-state index in [-0.39, 0.29) is 19.3 Å². The molecular formula is C24H34O8. The summed E-state index contributed by atoms with van der Waals surface area (Å²) in [6.07, 6.45) is -0.377. The van der Waals surface area contributed by atoms with Gasteiger partial charge in [0.1, 0.15) is 22.7 Å². The molecule has 8 heteroatoms. The lowest BCUT2D eigenvalue weighted by Crippen LogP contribution is -2.50. The molecule has 0 aromatic heterocycles. The van der Waals surface area contributed by atoms with Gasteiger partial charge in [0.2, 0.25) is 0 Å². The molecule has 1 atom stereocenters. The van der Waals surface area contributed by atoms with Gasteiger partial charge >= 0.3 is 17.9 Å². The summed E-state index contributed by atoms with van der Waals surface area (Å²) in [5, 5.41) is 9.58.